The lowest BCUT2D eigenvalue weighted by atomic mass is 9.76. The summed E-state index contributed by atoms with van der Waals surface area (Å²) in [5.41, 5.74) is 0.635. The molecule has 0 unspecified atom stereocenters. The van der Waals surface area contributed by atoms with Crippen molar-refractivity contribution in [2.45, 2.75) is 18.3 Å². The molecule has 3 nitrogen and oxygen atoms in total. The minimum absolute atomic E-state index is 0.0696. The number of hydrogen-bond donors (Lipinski definition) is 2. The number of nitrogens with one attached hydrogen (secondary N) is 2. The van der Waals surface area contributed by atoms with Crippen LogP contribution in [0.15, 0.2) is 18.2 Å². The highest BCUT2D eigenvalue weighted by Crippen LogP contribution is 2.42. The number of hydrogen-bond acceptors (Lipinski definition) is 2. The Hall–Kier alpha value is -1.42. The highest BCUT2D eigenvalue weighted by atomic mass is 19.1. The molecule has 0 bridgehead atoms. The van der Waals surface area contributed by atoms with Crippen LogP contribution in [0.1, 0.15) is 18.4 Å². The van der Waals surface area contributed by atoms with Gasteiger partial charge in [-0.15, -0.1) is 0 Å². The van der Waals surface area contributed by atoms with Crippen molar-refractivity contribution in [1.82, 2.24) is 5.32 Å². The van der Waals surface area contributed by atoms with Crippen LogP contribution in [0.3, 0.4) is 0 Å². The van der Waals surface area contributed by atoms with E-state index in [1.54, 1.807) is 6.07 Å². The lowest BCUT2D eigenvalue weighted by Gasteiger charge is -2.31. The van der Waals surface area contributed by atoms with Crippen molar-refractivity contribution >= 4 is 11.6 Å². The summed E-state index contributed by atoms with van der Waals surface area (Å²) in [6.07, 6.45) is 1.74. The number of carbonyl (C=O) groups is 1. The molecule has 1 spiro atoms. The van der Waals surface area contributed by atoms with Gasteiger partial charge in [0.25, 0.3) is 0 Å². The first-order valence-corrected chi connectivity index (χ1v) is 5.55. The molecule has 1 amide bonds. The van der Waals surface area contributed by atoms with Gasteiger partial charge in [0.15, 0.2) is 0 Å². The van der Waals surface area contributed by atoms with E-state index >= 15 is 0 Å². The average Bonchev–Trinajstić information content (AvgIpc) is 2.57. The minimum atomic E-state index is -0.546. The monoisotopic (exact) mass is 220 g/mol. The fraction of sp³-hybridized carbons (Fsp3) is 0.417. The maximum Gasteiger partial charge on any atom is 0.236 e. The van der Waals surface area contributed by atoms with Gasteiger partial charge in [-0.2, -0.15) is 0 Å². The van der Waals surface area contributed by atoms with Crippen LogP contribution >= 0.6 is 0 Å². The summed E-state index contributed by atoms with van der Waals surface area (Å²) in [5, 5.41) is 5.90. The SMILES string of the molecule is O=C1Nc2c(F)cccc2[C@]12CCCNC2. The van der Waals surface area contributed by atoms with E-state index < -0.39 is 5.41 Å². The summed E-state index contributed by atoms with van der Waals surface area (Å²) in [5.74, 6) is -0.409. The smallest absolute Gasteiger partial charge is 0.236 e. The molecular weight excluding hydrogens is 207 g/mol. The topological polar surface area (TPSA) is 41.1 Å². The second kappa shape index (κ2) is 3.28. The molecule has 3 rings (SSSR count). The Kier molecular flexibility index (Phi) is 2.01. The van der Waals surface area contributed by atoms with Crippen molar-refractivity contribution in [1.29, 1.82) is 0 Å². The van der Waals surface area contributed by atoms with Crippen LogP contribution in [0.25, 0.3) is 0 Å². The predicted molar refractivity (Wildman–Crippen MR) is 58.8 cm³/mol. The zero-order valence-corrected chi connectivity index (χ0v) is 8.85. The first-order valence-electron chi connectivity index (χ1n) is 5.55. The van der Waals surface area contributed by atoms with Crippen molar-refractivity contribution in [3.05, 3.63) is 29.6 Å². The van der Waals surface area contributed by atoms with E-state index in [-0.39, 0.29) is 11.7 Å². The zero-order chi connectivity index (χ0) is 11.2. The molecule has 2 aliphatic rings. The van der Waals surface area contributed by atoms with Crippen LogP contribution in [0.2, 0.25) is 0 Å². The second-order valence-electron chi connectivity index (χ2n) is 4.48. The van der Waals surface area contributed by atoms with Gasteiger partial charge in [-0.05, 0) is 31.0 Å². The van der Waals surface area contributed by atoms with Crippen LogP contribution in [-0.4, -0.2) is 19.0 Å². The fourth-order valence-electron chi connectivity index (χ4n) is 2.73. The van der Waals surface area contributed by atoms with Crippen LogP contribution < -0.4 is 10.6 Å². The highest BCUT2D eigenvalue weighted by Gasteiger charge is 2.48. The van der Waals surface area contributed by atoms with Crippen molar-refractivity contribution < 1.29 is 9.18 Å². The highest BCUT2D eigenvalue weighted by molar-refractivity contribution is 6.06. The van der Waals surface area contributed by atoms with Crippen molar-refractivity contribution in [3.8, 4) is 0 Å². The van der Waals surface area contributed by atoms with Gasteiger partial charge in [0, 0.05) is 6.54 Å². The third kappa shape index (κ3) is 1.13. The molecule has 1 saturated heterocycles. The maximum absolute atomic E-state index is 13.6. The normalized spacial score (nSPS) is 27.9. The Bertz CT molecular complexity index is 452. The number of anilines is 1. The number of carbonyl (C=O) groups excluding carboxylic acids is 1. The molecule has 0 aromatic heterocycles. The van der Waals surface area contributed by atoms with Crippen LogP contribution in [0.4, 0.5) is 10.1 Å². The Morgan fingerprint density at radius 1 is 1.38 bits per heavy atom. The Balaban J connectivity index is 2.15. The molecule has 84 valence electrons. The molecule has 0 saturated carbocycles. The molecule has 4 heteroatoms. The van der Waals surface area contributed by atoms with Crippen LogP contribution in [0.5, 0.6) is 0 Å². The molecular formula is C12H13FN2O. The standard InChI is InChI=1S/C12H13FN2O/c13-9-4-1-3-8-10(9)15-11(16)12(8)5-2-6-14-7-12/h1,3-4,14H,2,5-7H2,(H,15,16)/t12-/m1/s1. The van der Waals surface area contributed by atoms with Crippen molar-refractivity contribution in [2.75, 3.05) is 18.4 Å². The fourth-order valence-corrected chi connectivity index (χ4v) is 2.73. The van der Waals surface area contributed by atoms with Crippen molar-refractivity contribution in [3.63, 3.8) is 0 Å². The lowest BCUT2D eigenvalue weighted by Crippen LogP contribution is -2.47. The molecule has 0 aliphatic carbocycles. The summed E-state index contributed by atoms with van der Waals surface area (Å²) in [6.45, 7) is 1.54. The average molecular weight is 220 g/mol. The molecule has 1 fully saturated rings. The largest absolute Gasteiger partial charge is 0.323 e. The molecule has 2 N–H and O–H groups in total. The number of amides is 1. The first kappa shape index (κ1) is 9.78. The molecule has 0 radical (unpaired) electrons. The number of para-hydroxylation sites is 1. The van der Waals surface area contributed by atoms with Gasteiger partial charge < -0.3 is 10.6 Å². The van der Waals surface area contributed by atoms with Gasteiger partial charge in [0.1, 0.15) is 5.82 Å². The molecule has 1 atom stereocenters. The first-order chi connectivity index (χ1) is 7.74. The third-order valence-electron chi connectivity index (χ3n) is 3.59. The summed E-state index contributed by atoms with van der Waals surface area (Å²) < 4.78 is 13.6. The van der Waals surface area contributed by atoms with Crippen LogP contribution in [-0.2, 0) is 10.2 Å². The van der Waals surface area contributed by atoms with Gasteiger partial charge in [0.2, 0.25) is 5.91 Å². The number of halogens is 1. The number of piperidine rings is 1. The summed E-state index contributed by atoms with van der Waals surface area (Å²) in [7, 11) is 0. The van der Waals surface area contributed by atoms with Gasteiger partial charge in [-0.1, -0.05) is 12.1 Å². The quantitative estimate of drug-likeness (QED) is 0.694. The number of rotatable bonds is 0. The van der Waals surface area contributed by atoms with Crippen molar-refractivity contribution in [2.24, 2.45) is 0 Å². The maximum atomic E-state index is 13.6. The van der Waals surface area contributed by atoms with Gasteiger partial charge in [-0.3, -0.25) is 4.79 Å². The molecule has 1 aromatic carbocycles. The molecule has 2 heterocycles. The van der Waals surface area contributed by atoms with Gasteiger partial charge >= 0.3 is 0 Å². The summed E-state index contributed by atoms with van der Waals surface area (Å²) >= 11 is 0. The Labute approximate surface area is 93.0 Å². The summed E-state index contributed by atoms with van der Waals surface area (Å²) in [6, 6.07) is 4.91. The Morgan fingerprint density at radius 2 is 2.25 bits per heavy atom. The van der Waals surface area contributed by atoms with Crippen LogP contribution in [0, 0.1) is 5.82 Å². The van der Waals surface area contributed by atoms with E-state index in [9.17, 15) is 9.18 Å². The lowest BCUT2D eigenvalue weighted by molar-refractivity contribution is -0.121. The van der Waals surface area contributed by atoms with E-state index in [0.717, 1.165) is 24.9 Å². The van der Waals surface area contributed by atoms with E-state index in [1.165, 1.54) is 6.07 Å². The van der Waals surface area contributed by atoms with E-state index in [4.69, 9.17) is 0 Å². The molecule has 16 heavy (non-hydrogen) atoms. The minimum Gasteiger partial charge on any atom is -0.323 e. The predicted octanol–water partition coefficient (Wildman–Crippen LogP) is 1.40. The molecule has 2 aliphatic heterocycles. The number of benzene rings is 1. The summed E-state index contributed by atoms with van der Waals surface area (Å²) in [4.78, 5) is 12.0. The van der Waals surface area contributed by atoms with E-state index in [2.05, 4.69) is 10.6 Å². The van der Waals surface area contributed by atoms with Gasteiger partial charge in [-0.25, -0.2) is 4.39 Å². The number of fused-ring (bicyclic) bond motifs is 2. The Morgan fingerprint density at radius 3 is 3.00 bits per heavy atom. The molecule has 1 aromatic rings. The second-order valence-corrected chi connectivity index (χ2v) is 4.48. The van der Waals surface area contributed by atoms with Gasteiger partial charge in [0.05, 0.1) is 11.1 Å². The van der Waals surface area contributed by atoms with E-state index in [1.807, 2.05) is 6.07 Å². The third-order valence-corrected chi connectivity index (χ3v) is 3.59. The van der Waals surface area contributed by atoms with E-state index in [0.29, 0.717) is 12.2 Å². The zero-order valence-electron chi connectivity index (χ0n) is 8.85.